The van der Waals surface area contributed by atoms with E-state index in [0.29, 0.717) is 19.6 Å². The number of fused-ring (bicyclic) bond motifs is 3. The van der Waals surface area contributed by atoms with Gasteiger partial charge in [0.1, 0.15) is 11.5 Å². The molecule has 2 atom stereocenters. The van der Waals surface area contributed by atoms with Crippen LogP contribution in [0.25, 0.3) is 0 Å². The van der Waals surface area contributed by atoms with E-state index in [2.05, 4.69) is 20.8 Å². The number of hydrogen-bond acceptors (Lipinski definition) is 5. The van der Waals surface area contributed by atoms with E-state index in [1.54, 1.807) is 11.8 Å². The third kappa shape index (κ3) is 3.72. The maximum Gasteiger partial charge on any atom is 0.354 e. The minimum atomic E-state index is -3.53. The maximum absolute atomic E-state index is 13.2. The van der Waals surface area contributed by atoms with Crippen LogP contribution in [0.2, 0.25) is 0 Å². The zero-order valence-corrected chi connectivity index (χ0v) is 18.4. The van der Waals surface area contributed by atoms with Crippen molar-refractivity contribution in [3.63, 3.8) is 0 Å². The van der Waals surface area contributed by atoms with Crippen molar-refractivity contribution >= 4 is 21.6 Å². The van der Waals surface area contributed by atoms with E-state index in [-0.39, 0.29) is 16.9 Å². The van der Waals surface area contributed by atoms with E-state index in [1.165, 1.54) is 28.5 Å². The molecule has 0 spiro atoms. The van der Waals surface area contributed by atoms with Gasteiger partial charge in [0, 0.05) is 19.3 Å². The third-order valence-corrected chi connectivity index (χ3v) is 7.75. The number of nitrogens with zero attached hydrogens (tertiary/aromatic N) is 3. The number of anilines is 1. The van der Waals surface area contributed by atoms with Gasteiger partial charge in [0.25, 0.3) is 0 Å². The van der Waals surface area contributed by atoms with Gasteiger partial charge in [-0.3, -0.25) is 0 Å². The van der Waals surface area contributed by atoms with Gasteiger partial charge in [-0.25, -0.2) is 18.8 Å². The number of benzene rings is 1. The third-order valence-electron chi connectivity index (χ3n) is 6.40. The molecular formula is C21H27N5O4S. The smallest absolute Gasteiger partial charge is 0.354 e. The molecule has 0 bridgehead atoms. The minimum absolute atomic E-state index is 0.0918. The van der Waals surface area contributed by atoms with E-state index in [9.17, 15) is 9.00 Å². The second-order valence-corrected chi connectivity index (χ2v) is 10.1. The number of hydrogen-bond donors (Lipinski definition) is 2. The van der Waals surface area contributed by atoms with Crippen LogP contribution in [0.1, 0.15) is 41.5 Å². The van der Waals surface area contributed by atoms with Crippen molar-refractivity contribution in [3.05, 3.63) is 34.5 Å². The fourth-order valence-electron chi connectivity index (χ4n) is 4.84. The summed E-state index contributed by atoms with van der Waals surface area (Å²) >= 11 is 0. The number of carbonyl (C=O) groups excluding carboxylic acids is 1. The lowest BCUT2D eigenvalue weighted by Crippen LogP contribution is -2.21. The summed E-state index contributed by atoms with van der Waals surface area (Å²) in [4.78, 5) is 13.0. The Morgan fingerprint density at radius 3 is 2.68 bits per heavy atom. The number of urea groups is 1. The topological polar surface area (TPSA) is 121 Å². The van der Waals surface area contributed by atoms with Crippen LogP contribution in [0.5, 0.6) is 5.88 Å². The Labute approximate surface area is 181 Å². The minimum Gasteiger partial charge on any atom is -0.474 e. The fourth-order valence-corrected chi connectivity index (χ4v) is 5.84. The molecule has 3 N–H and O–H groups in total. The first-order valence-corrected chi connectivity index (χ1v) is 12.3. The number of nitrogens with one attached hydrogen (secondary N) is 1. The molecule has 1 aromatic carbocycles. The first kappa shape index (κ1) is 20.5. The van der Waals surface area contributed by atoms with E-state index < -0.39 is 15.9 Å². The molecule has 0 radical (unpaired) electrons. The highest BCUT2D eigenvalue weighted by Gasteiger charge is 2.28. The Bertz CT molecular complexity index is 1130. The number of carbonyl (C=O) groups is 1. The molecule has 1 unspecified atom stereocenters. The summed E-state index contributed by atoms with van der Waals surface area (Å²) < 4.78 is 29.8. The summed E-state index contributed by atoms with van der Waals surface area (Å²) in [6.45, 7) is 0.830. The predicted molar refractivity (Wildman–Crippen MR) is 116 cm³/mol. The number of rotatable bonds is 3. The van der Waals surface area contributed by atoms with E-state index in [0.717, 1.165) is 44.2 Å². The molecule has 5 rings (SSSR count). The van der Waals surface area contributed by atoms with Crippen molar-refractivity contribution in [1.82, 2.24) is 9.78 Å². The van der Waals surface area contributed by atoms with Crippen LogP contribution < -0.4 is 15.2 Å². The normalized spacial score (nSPS) is 21.3. The second-order valence-electron chi connectivity index (χ2n) is 8.32. The molecule has 9 nitrogen and oxygen atoms in total. The monoisotopic (exact) mass is 445 g/mol. The number of aromatic nitrogens is 2. The van der Waals surface area contributed by atoms with Gasteiger partial charge < -0.3 is 14.8 Å². The van der Waals surface area contributed by atoms with Gasteiger partial charge in [0.2, 0.25) is 5.88 Å². The Morgan fingerprint density at radius 2 is 2.00 bits per heavy atom. The molecule has 2 aliphatic carbocycles. The molecular weight excluding hydrogens is 418 g/mol. The quantitative estimate of drug-likeness (QED) is 0.752. The molecule has 2 amide bonds. The lowest BCUT2D eigenvalue weighted by Gasteiger charge is -2.15. The fraction of sp³-hybridized carbons (Fsp3) is 0.524. The lowest BCUT2D eigenvalue weighted by atomic mass is 9.99. The Hall–Kier alpha value is -2.43. The first-order valence-electron chi connectivity index (χ1n) is 10.7. The standard InChI is InChI=1S/C21H27N5O4S/c1-29-15-8-9-26-20(30-12-15)18(11-23-26)31(22,28)25-21(27)24-19-16-6-2-4-13(16)10-14-5-3-7-17(14)19/h10-11,15H,2-9,12H2,1H3,(H3,22,24,25,27,28)/t15-,31?/m1/s1. The Morgan fingerprint density at radius 1 is 1.29 bits per heavy atom. The number of aryl methyl sites for hydroxylation is 3. The number of ether oxygens (including phenoxy) is 2. The van der Waals surface area contributed by atoms with Crippen molar-refractivity contribution in [2.24, 2.45) is 9.50 Å². The first-order chi connectivity index (χ1) is 15.0. The van der Waals surface area contributed by atoms with Crippen molar-refractivity contribution in [1.29, 1.82) is 0 Å². The summed E-state index contributed by atoms with van der Waals surface area (Å²) in [7, 11) is -1.92. The number of amides is 2. The van der Waals surface area contributed by atoms with Crippen LogP contribution in [0, 0.1) is 0 Å². The van der Waals surface area contributed by atoms with E-state index in [1.807, 2.05) is 0 Å². The highest BCUT2D eigenvalue weighted by atomic mass is 32.2. The van der Waals surface area contributed by atoms with Crippen molar-refractivity contribution in [2.45, 2.75) is 62.5 Å². The Balaban J connectivity index is 1.44. The van der Waals surface area contributed by atoms with Gasteiger partial charge in [0.15, 0.2) is 9.92 Å². The van der Waals surface area contributed by atoms with Crippen LogP contribution in [0.4, 0.5) is 10.5 Å². The summed E-state index contributed by atoms with van der Waals surface area (Å²) in [6, 6.07) is 1.58. The van der Waals surface area contributed by atoms with Crippen LogP contribution >= 0.6 is 0 Å². The molecule has 0 saturated heterocycles. The van der Waals surface area contributed by atoms with Crippen molar-refractivity contribution < 1.29 is 18.5 Å². The highest BCUT2D eigenvalue weighted by Crippen LogP contribution is 2.38. The molecule has 2 heterocycles. The molecule has 1 aliphatic heterocycles. The van der Waals surface area contributed by atoms with Gasteiger partial charge in [-0.15, -0.1) is 4.36 Å². The van der Waals surface area contributed by atoms with Crippen LogP contribution in [0.3, 0.4) is 0 Å². The molecule has 166 valence electrons. The van der Waals surface area contributed by atoms with E-state index in [4.69, 9.17) is 14.6 Å². The molecule has 10 heteroatoms. The van der Waals surface area contributed by atoms with Crippen LogP contribution in [-0.2, 0) is 46.9 Å². The largest absolute Gasteiger partial charge is 0.474 e. The summed E-state index contributed by atoms with van der Waals surface area (Å²) in [6.07, 6.45) is 8.06. The zero-order valence-electron chi connectivity index (χ0n) is 17.6. The van der Waals surface area contributed by atoms with Crippen LogP contribution in [0.15, 0.2) is 21.5 Å². The van der Waals surface area contributed by atoms with E-state index >= 15 is 0 Å². The van der Waals surface area contributed by atoms with Gasteiger partial charge >= 0.3 is 6.03 Å². The SMILES string of the molecule is CO[C@@H]1CCn2ncc(S(N)(=O)=NC(=O)Nc3c4c(cc5c3CCC5)CCC4)c2OC1. The zero-order chi connectivity index (χ0) is 21.6. The Kier molecular flexibility index (Phi) is 5.23. The van der Waals surface area contributed by atoms with Crippen molar-refractivity contribution in [2.75, 3.05) is 19.0 Å². The number of nitrogens with two attached hydrogens (primary N) is 1. The average Bonchev–Trinajstić information content (AvgIpc) is 3.45. The lowest BCUT2D eigenvalue weighted by molar-refractivity contribution is 0.0568. The molecule has 1 aromatic heterocycles. The predicted octanol–water partition coefficient (Wildman–Crippen LogP) is 2.59. The van der Waals surface area contributed by atoms with Crippen LogP contribution in [-0.4, -0.2) is 39.8 Å². The second kappa shape index (κ2) is 7.92. The molecule has 0 saturated carbocycles. The van der Waals surface area contributed by atoms with Crippen molar-refractivity contribution in [3.8, 4) is 5.88 Å². The summed E-state index contributed by atoms with van der Waals surface area (Å²) in [5.74, 6) is 0.282. The molecule has 3 aliphatic rings. The number of methoxy groups -OCH3 is 1. The van der Waals surface area contributed by atoms with Gasteiger partial charge in [-0.05, 0) is 67.2 Å². The van der Waals surface area contributed by atoms with Gasteiger partial charge in [0.05, 0.1) is 12.3 Å². The van der Waals surface area contributed by atoms with Gasteiger partial charge in [-0.1, -0.05) is 6.07 Å². The molecule has 0 fully saturated rings. The average molecular weight is 446 g/mol. The summed E-state index contributed by atoms with van der Waals surface area (Å²) in [5, 5.41) is 13.2. The molecule has 2 aromatic rings. The molecule has 31 heavy (non-hydrogen) atoms. The van der Waals surface area contributed by atoms with Gasteiger partial charge in [-0.2, -0.15) is 5.10 Å². The highest BCUT2D eigenvalue weighted by molar-refractivity contribution is 7.91. The summed E-state index contributed by atoms with van der Waals surface area (Å²) in [5.41, 5.74) is 5.81. The maximum atomic E-state index is 13.2.